The second kappa shape index (κ2) is 9.22. The Bertz CT molecular complexity index is 1200. The van der Waals surface area contributed by atoms with Crippen LogP contribution < -0.4 is 9.47 Å². The lowest BCUT2D eigenvalue weighted by Gasteiger charge is -2.11. The third-order valence-corrected chi connectivity index (χ3v) is 4.80. The monoisotopic (exact) mass is 440 g/mol. The number of halogens is 1. The summed E-state index contributed by atoms with van der Waals surface area (Å²) < 4.78 is 22.6. The smallest absolute Gasteiger partial charge is 0.258 e. The zero-order chi connectivity index (χ0) is 21.8. The largest absolute Gasteiger partial charge is 0.493 e. The molecule has 8 heteroatoms. The number of fused-ring (bicyclic) bond motifs is 1. The van der Waals surface area contributed by atoms with E-state index in [0.29, 0.717) is 64.4 Å². The molecule has 4 aromatic rings. The third-order valence-electron chi connectivity index (χ3n) is 4.51. The van der Waals surface area contributed by atoms with Crippen molar-refractivity contribution in [3.05, 3.63) is 47.7 Å². The van der Waals surface area contributed by atoms with Crippen LogP contribution >= 0.6 is 11.6 Å². The van der Waals surface area contributed by atoms with Gasteiger partial charge in [0.15, 0.2) is 0 Å². The number of furan rings is 1. The lowest BCUT2D eigenvalue weighted by atomic mass is 10.1. The van der Waals surface area contributed by atoms with Crippen molar-refractivity contribution >= 4 is 28.9 Å². The molecule has 0 unspecified atom stereocenters. The Morgan fingerprint density at radius 3 is 2.77 bits per heavy atom. The molecule has 0 N–H and O–H groups in total. The molecule has 0 saturated carbocycles. The normalized spacial score (nSPS) is 11.2. The molecule has 4 rings (SSSR count). The number of hydrogen-bond acceptors (Lipinski definition) is 7. The van der Waals surface area contributed by atoms with E-state index in [0.717, 1.165) is 11.7 Å². The molecule has 2 aromatic heterocycles. The Kier molecular flexibility index (Phi) is 6.23. The number of carbonyl (C=O) groups excluding carboxylic acids is 1. The van der Waals surface area contributed by atoms with Gasteiger partial charge < -0.3 is 23.2 Å². The van der Waals surface area contributed by atoms with Gasteiger partial charge in [-0.05, 0) is 56.7 Å². The lowest BCUT2D eigenvalue weighted by Crippen LogP contribution is -2.05. The minimum atomic E-state index is 0.0195. The summed E-state index contributed by atoms with van der Waals surface area (Å²) in [6, 6.07) is 10.8. The van der Waals surface area contributed by atoms with Crippen molar-refractivity contribution in [3.63, 3.8) is 0 Å². The van der Waals surface area contributed by atoms with E-state index in [1.165, 1.54) is 0 Å². The average Bonchev–Trinajstić information content (AvgIpc) is 3.42. The van der Waals surface area contributed by atoms with Crippen molar-refractivity contribution in [1.82, 2.24) is 10.1 Å². The first-order chi connectivity index (χ1) is 15.1. The quantitative estimate of drug-likeness (QED) is 0.235. The van der Waals surface area contributed by atoms with E-state index in [-0.39, 0.29) is 6.10 Å². The van der Waals surface area contributed by atoms with Crippen LogP contribution in [0, 0.1) is 0 Å². The number of aldehydes is 1. The number of hydrogen-bond donors (Lipinski definition) is 0. The molecule has 0 fully saturated rings. The second-order valence-corrected chi connectivity index (χ2v) is 7.57. The molecule has 0 amide bonds. The highest BCUT2D eigenvalue weighted by molar-refractivity contribution is 6.32. The molecule has 7 nitrogen and oxygen atoms in total. The van der Waals surface area contributed by atoms with Gasteiger partial charge in [-0.25, -0.2) is 0 Å². The van der Waals surface area contributed by atoms with Gasteiger partial charge in [-0.1, -0.05) is 16.8 Å². The van der Waals surface area contributed by atoms with Gasteiger partial charge in [0.2, 0.25) is 5.82 Å². The van der Waals surface area contributed by atoms with Gasteiger partial charge in [0.25, 0.3) is 5.89 Å². The first-order valence-electron chi connectivity index (χ1n) is 9.94. The minimum absolute atomic E-state index is 0.0195. The first kappa shape index (κ1) is 20.9. The number of ether oxygens (including phenoxy) is 2. The van der Waals surface area contributed by atoms with Crippen molar-refractivity contribution < 1.29 is 23.2 Å². The number of unbranched alkanes of at least 4 members (excludes halogenated alkanes) is 1. The molecule has 0 aliphatic heterocycles. The molecular weight excluding hydrogens is 420 g/mol. The molecule has 160 valence electrons. The van der Waals surface area contributed by atoms with Crippen molar-refractivity contribution in [1.29, 1.82) is 0 Å². The van der Waals surface area contributed by atoms with Gasteiger partial charge in [-0.15, -0.1) is 0 Å². The fourth-order valence-electron chi connectivity index (χ4n) is 3.12. The Morgan fingerprint density at radius 1 is 1.16 bits per heavy atom. The van der Waals surface area contributed by atoms with Crippen LogP contribution in [-0.4, -0.2) is 29.1 Å². The Hall–Kier alpha value is -3.32. The predicted octanol–water partition coefficient (Wildman–Crippen LogP) is 5.95. The van der Waals surface area contributed by atoms with Gasteiger partial charge in [-0.3, -0.25) is 0 Å². The minimum Gasteiger partial charge on any atom is -0.493 e. The van der Waals surface area contributed by atoms with Crippen molar-refractivity contribution in [2.75, 3.05) is 6.61 Å². The van der Waals surface area contributed by atoms with E-state index < -0.39 is 0 Å². The fraction of sp³-hybridized carbons (Fsp3) is 0.261. The molecule has 0 radical (unpaired) electrons. The zero-order valence-corrected chi connectivity index (χ0v) is 17.9. The summed E-state index contributed by atoms with van der Waals surface area (Å²) in [5.41, 5.74) is 1.96. The lowest BCUT2D eigenvalue weighted by molar-refractivity contribution is -0.108. The predicted molar refractivity (Wildman–Crippen MR) is 117 cm³/mol. The summed E-state index contributed by atoms with van der Waals surface area (Å²) in [6.07, 6.45) is 3.60. The van der Waals surface area contributed by atoms with Crippen LogP contribution in [0.25, 0.3) is 33.8 Å². The number of rotatable bonds is 9. The molecule has 31 heavy (non-hydrogen) atoms. The van der Waals surface area contributed by atoms with Crippen LogP contribution in [0.2, 0.25) is 5.02 Å². The zero-order valence-electron chi connectivity index (χ0n) is 17.1. The maximum atomic E-state index is 10.5. The maximum Gasteiger partial charge on any atom is 0.258 e. The molecule has 2 aromatic carbocycles. The summed E-state index contributed by atoms with van der Waals surface area (Å²) in [6.45, 7) is 4.32. The first-order valence-corrected chi connectivity index (χ1v) is 10.3. The molecule has 0 atom stereocenters. The van der Waals surface area contributed by atoms with Crippen molar-refractivity contribution in [2.24, 2.45) is 0 Å². The van der Waals surface area contributed by atoms with E-state index in [2.05, 4.69) is 10.1 Å². The summed E-state index contributed by atoms with van der Waals surface area (Å²) >= 11 is 6.33. The van der Waals surface area contributed by atoms with E-state index >= 15 is 0 Å². The second-order valence-electron chi connectivity index (χ2n) is 7.17. The van der Waals surface area contributed by atoms with Crippen LogP contribution in [0.5, 0.6) is 11.5 Å². The SMILES string of the molecule is CC(C)Oc1ccc(-c2nc(-c3ccc(OCCCC=O)c4ccoc34)no2)cc1Cl. The molecule has 0 bridgehead atoms. The summed E-state index contributed by atoms with van der Waals surface area (Å²) in [5, 5.41) is 5.38. The standard InChI is InChI=1S/C23H21ClN2O5/c1-14(2)30-20-7-5-15(13-18(20)24)23-25-22(26-31-23)17-6-8-19(28-11-4-3-10-27)16-9-12-29-21(16)17/h5-10,12-14H,3-4,11H2,1-2H3. The Morgan fingerprint density at radius 2 is 2.00 bits per heavy atom. The molecule has 2 heterocycles. The summed E-state index contributed by atoms with van der Waals surface area (Å²) in [5.74, 6) is 2.00. The van der Waals surface area contributed by atoms with Crippen molar-refractivity contribution in [3.8, 4) is 34.3 Å². The number of nitrogens with zero attached hydrogens (tertiary/aromatic N) is 2. The third kappa shape index (κ3) is 4.56. The van der Waals surface area contributed by atoms with Crippen molar-refractivity contribution in [2.45, 2.75) is 32.8 Å². The maximum absolute atomic E-state index is 10.5. The highest BCUT2D eigenvalue weighted by Crippen LogP contribution is 2.36. The van der Waals surface area contributed by atoms with Gasteiger partial charge >= 0.3 is 0 Å². The number of aromatic nitrogens is 2. The summed E-state index contributed by atoms with van der Waals surface area (Å²) in [7, 11) is 0. The Balaban J connectivity index is 1.60. The van der Waals surface area contributed by atoms with Gasteiger partial charge in [0.1, 0.15) is 23.4 Å². The van der Waals surface area contributed by atoms with Crippen LogP contribution in [0.15, 0.2) is 51.6 Å². The highest BCUT2D eigenvalue weighted by atomic mass is 35.5. The number of carbonyl (C=O) groups is 1. The number of benzene rings is 2. The molecule has 0 aliphatic carbocycles. The van der Waals surface area contributed by atoms with E-state index in [1.807, 2.05) is 38.1 Å². The summed E-state index contributed by atoms with van der Waals surface area (Å²) in [4.78, 5) is 15.0. The van der Waals surface area contributed by atoms with Crippen LogP contribution in [-0.2, 0) is 4.79 Å². The van der Waals surface area contributed by atoms with Crippen LogP contribution in [0.4, 0.5) is 0 Å². The van der Waals surface area contributed by atoms with E-state index in [9.17, 15) is 4.79 Å². The van der Waals surface area contributed by atoms with Gasteiger partial charge in [0.05, 0.1) is 34.9 Å². The van der Waals surface area contributed by atoms with E-state index in [1.54, 1.807) is 18.4 Å². The van der Waals surface area contributed by atoms with Gasteiger partial charge in [0, 0.05) is 12.0 Å². The molecule has 0 aliphatic rings. The molecular formula is C23H21ClN2O5. The molecule has 0 saturated heterocycles. The fourth-order valence-corrected chi connectivity index (χ4v) is 3.35. The van der Waals surface area contributed by atoms with Crippen LogP contribution in [0.1, 0.15) is 26.7 Å². The highest BCUT2D eigenvalue weighted by Gasteiger charge is 2.18. The Labute approximate surface area is 183 Å². The van der Waals surface area contributed by atoms with Crippen LogP contribution in [0.3, 0.4) is 0 Å². The topological polar surface area (TPSA) is 87.6 Å². The average molecular weight is 441 g/mol. The van der Waals surface area contributed by atoms with E-state index in [4.69, 9.17) is 30.0 Å². The van der Waals surface area contributed by atoms with Gasteiger partial charge in [-0.2, -0.15) is 4.98 Å². The molecule has 0 spiro atoms.